The second-order valence-electron chi connectivity index (χ2n) is 31.5. The molecule has 12 heterocycles. The van der Waals surface area contributed by atoms with Crippen LogP contribution in [0.1, 0.15) is 89.5 Å². The van der Waals surface area contributed by atoms with E-state index in [1.807, 2.05) is 0 Å². The molecule has 16 bridgehead atoms. The third kappa shape index (κ3) is 14.3. The number of aliphatic imine (C=N–C) groups is 2. The van der Waals surface area contributed by atoms with Crippen molar-refractivity contribution in [2.24, 2.45) is 9.98 Å². The van der Waals surface area contributed by atoms with Gasteiger partial charge in [0.15, 0.2) is 0 Å². The number of hydrogen-bond donors (Lipinski definition) is 4. The van der Waals surface area contributed by atoms with Crippen molar-refractivity contribution in [2.45, 2.75) is 54.6 Å². The van der Waals surface area contributed by atoms with Gasteiger partial charge < -0.3 is 19.8 Å². The summed E-state index contributed by atoms with van der Waals surface area (Å²) in [6, 6.07) is 79.3. The van der Waals surface area contributed by atoms with E-state index in [0.717, 1.165) is 191 Å². The van der Waals surface area contributed by atoms with Gasteiger partial charge in [0.1, 0.15) is 5.57 Å². The van der Waals surface area contributed by atoms with Crippen molar-refractivity contribution in [3.8, 4) is 44.5 Å². The van der Waals surface area contributed by atoms with E-state index in [9.17, 15) is 0 Å². The summed E-state index contributed by atoms with van der Waals surface area (Å²) in [6.45, 7) is 14.2. The minimum atomic E-state index is 0.699. The minimum Gasteiger partial charge on any atom is -0.354 e. The molecule has 10 nitrogen and oxygen atoms in total. The van der Waals surface area contributed by atoms with E-state index in [0.29, 0.717) is 13.1 Å². The number of aryl methyl sites for hydroxylation is 6. The number of fused-ring (bicyclic) bond motifs is 12. The number of H-pyrrole nitrogens is 2. The number of allylic oxidation sites excluding steroid dienone is 20. The first-order valence-corrected chi connectivity index (χ1v) is 40.4. The van der Waals surface area contributed by atoms with Gasteiger partial charge in [0.2, 0.25) is 22.8 Å². The molecule has 0 atom stereocenters. The number of aromatic nitrogens is 4. The Morgan fingerprint density at radius 3 is 1.00 bits per heavy atom. The van der Waals surface area contributed by atoms with Gasteiger partial charge in [-0.15, -0.1) is 0 Å². The van der Waals surface area contributed by atoms with Gasteiger partial charge in [-0.1, -0.05) is 240 Å². The van der Waals surface area contributed by atoms with E-state index < -0.39 is 0 Å². The van der Waals surface area contributed by atoms with Crippen molar-refractivity contribution in [3.63, 3.8) is 0 Å². The molecule has 9 aliphatic heterocycles. The maximum atomic E-state index is 5.57. The Kier molecular flexibility index (Phi) is 18.5. The molecule has 0 fully saturated rings. The molecule has 10 heteroatoms. The van der Waals surface area contributed by atoms with Crippen molar-refractivity contribution in [2.75, 3.05) is 0 Å². The van der Waals surface area contributed by atoms with Crippen LogP contribution < -0.4 is 9.98 Å². The maximum absolute atomic E-state index is 5.57. The summed E-state index contributed by atoms with van der Waals surface area (Å²) in [4.78, 5) is 42.4. The molecule has 0 spiro atoms. The summed E-state index contributed by atoms with van der Waals surface area (Å²) in [5.41, 5.74) is 43.3. The van der Waals surface area contributed by atoms with Crippen molar-refractivity contribution < 1.29 is 9.98 Å². The van der Waals surface area contributed by atoms with Crippen LogP contribution in [-0.4, -0.2) is 52.6 Å². The van der Waals surface area contributed by atoms with E-state index in [1.54, 1.807) is 0 Å². The number of benzene rings is 8. The zero-order valence-corrected chi connectivity index (χ0v) is 66.6. The van der Waals surface area contributed by atoms with E-state index in [2.05, 4.69) is 424 Å². The smallest absolute Gasteiger partial charge is 0.218 e. The molecular weight excluding hydrogens is 1440 g/mol. The predicted octanol–water partition coefficient (Wildman–Crippen LogP) is 21.6. The first-order chi connectivity index (χ1) is 57.8. The second kappa shape index (κ2) is 30.4. The van der Waals surface area contributed by atoms with E-state index >= 15 is 0 Å². The highest BCUT2D eigenvalue weighted by molar-refractivity contribution is 6.38. The Morgan fingerprint density at radius 2 is 0.576 bits per heavy atom. The van der Waals surface area contributed by atoms with Crippen LogP contribution in [0.4, 0.5) is 0 Å². The summed E-state index contributed by atoms with van der Waals surface area (Å²) in [6.07, 6.45) is 47.8. The summed E-state index contributed by atoms with van der Waals surface area (Å²) in [5, 5.41) is 0. The highest BCUT2D eigenvalue weighted by Crippen LogP contribution is 2.42. The largest absolute Gasteiger partial charge is 0.354 e. The Hall–Kier alpha value is -15.0. The molecule has 0 unspecified atom stereocenters. The van der Waals surface area contributed by atoms with Crippen LogP contribution in [0.3, 0.4) is 0 Å². The molecule has 564 valence electrons. The van der Waals surface area contributed by atoms with Crippen LogP contribution in [-0.2, 0) is 13.1 Å². The Morgan fingerprint density at radius 1 is 0.271 bits per heavy atom. The average Bonchev–Trinajstić information content (AvgIpc) is 1.61. The van der Waals surface area contributed by atoms with E-state index in [1.165, 1.54) is 44.5 Å². The van der Waals surface area contributed by atoms with Crippen molar-refractivity contribution in [1.82, 2.24) is 29.7 Å². The van der Waals surface area contributed by atoms with Crippen molar-refractivity contribution in [3.05, 3.63) is 452 Å². The molecule has 20 rings (SSSR count). The fourth-order valence-corrected chi connectivity index (χ4v) is 16.7. The molecule has 9 aliphatic rings. The number of nitrogens with one attached hydrogen (secondary N) is 4. The maximum Gasteiger partial charge on any atom is 0.218 e. The van der Waals surface area contributed by atoms with Gasteiger partial charge in [-0.25, -0.2) is 29.9 Å². The number of hydrogen-bond acceptors (Lipinski definition) is 6. The van der Waals surface area contributed by atoms with Crippen LogP contribution >= 0.6 is 0 Å². The quantitative estimate of drug-likeness (QED) is 0.0920. The third-order valence-electron chi connectivity index (χ3n) is 23.1. The lowest BCUT2D eigenvalue weighted by Gasteiger charge is -2.20. The van der Waals surface area contributed by atoms with Gasteiger partial charge >= 0.3 is 0 Å². The van der Waals surface area contributed by atoms with Gasteiger partial charge in [-0.2, -0.15) is 0 Å². The fourth-order valence-electron chi connectivity index (χ4n) is 16.7. The molecule has 8 aromatic carbocycles. The normalized spacial score (nSPS) is 15.6. The zero-order chi connectivity index (χ0) is 79.5. The topological polar surface area (TPSA) is 116 Å². The minimum absolute atomic E-state index is 0.699. The highest BCUT2D eigenvalue weighted by Gasteiger charge is 2.34. The summed E-state index contributed by atoms with van der Waals surface area (Å²) in [5.74, 6) is 0. The molecule has 0 aliphatic carbocycles. The van der Waals surface area contributed by atoms with Crippen LogP contribution in [0.15, 0.2) is 372 Å². The van der Waals surface area contributed by atoms with Gasteiger partial charge in [-0.3, -0.25) is 0 Å². The molecule has 118 heavy (non-hydrogen) atoms. The second-order valence-corrected chi connectivity index (χ2v) is 31.5. The molecule has 3 aromatic heterocycles. The van der Waals surface area contributed by atoms with Crippen LogP contribution in [0.2, 0.25) is 0 Å². The Bertz CT molecular complexity index is 6830. The molecule has 0 radical (unpaired) electrons. The van der Waals surface area contributed by atoms with Gasteiger partial charge in [0, 0.05) is 112 Å². The predicted molar refractivity (Wildman–Crippen MR) is 490 cm³/mol. The van der Waals surface area contributed by atoms with Crippen LogP contribution in [0, 0.1) is 41.5 Å². The summed E-state index contributed by atoms with van der Waals surface area (Å²) in [7, 11) is 0. The van der Waals surface area contributed by atoms with Crippen LogP contribution in [0.5, 0.6) is 0 Å². The van der Waals surface area contributed by atoms with Gasteiger partial charge in [0.25, 0.3) is 0 Å². The Balaban J connectivity index is 0.561. The van der Waals surface area contributed by atoms with Gasteiger partial charge in [0.05, 0.1) is 56.7 Å². The van der Waals surface area contributed by atoms with E-state index in [-0.39, 0.29) is 0 Å². The van der Waals surface area contributed by atoms with Crippen molar-refractivity contribution >= 4 is 91.5 Å². The first kappa shape index (κ1) is 72.0. The first-order valence-electron chi connectivity index (χ1n) is 40.4. The molecule has 11 aromatic rings. The Labute approximate surface area is 687 Å². The summed E-state index contributed by atoms with van der Waals surface area (Å²) < 4.78 is 0. The van der Waals surface area contributed by atoms with Gasteiger partial charge in [-0.05, 0) is 206 Å². The lowest BCUT2D eigenvalue weighted by atomic mass is 9.97. The third-order valence-corrected chi connectivity index (χ3v) is 23.1. The van der Waals surface area contributed by atoms with E-state index in [4.69, 9.17) is 20.0 Å². The molecule has 0 saturated heterocycles. The highest BCUT2D eigenvalue weighted by atomic mass is 15.1. The number of aromatic amines is 2. The fraction of sp³-hybridized carbons (Fsp3) is 0.0741. The molecule has 0 saturated carbocycles. The number of rotatable bonds is 13. The lowest BCUT2D eigenvalue weighted by Crippen LogP contribution is -2.71. The lowest BCUT2D eigenvalue weighted by molar-refractivity contribution is -0.388. The zero-order valence-electron chi connectivity index (χ0n) is 66.6. The monoisotopic (exact) mass is 1520 g/mol. The SMILES string of the molecule is Cc1ccc(C2=C3C=CC(=N3)C(c3ccc(CN4C=CC(=CC=C5C=CN(Cc6ccc(-c7c8nc(c(-c9ccc(C)cc9)c9nc(c(-c%10ccc(C)cc%10)c%10ccc([nH]%10)c(-c%10ccc(C)cc%10)c%10ccc7[nH]%10)C=C9)C=C8)cc6)C=C5)C=C4)cc3)=C3C=CC(=N3)C(c3ccc(C)cc3)=C3C=CC(=[NH+]3)C(c3ccc(C)cc3)=C3C=CC2=[NH+]3)cc1. The molecule has 4 N–H and O–H groups in total. The molecular formula is C108H84N10+2. The summed E-state index contributed by atoms with van der Waals surface area (Å²) >= 11 is 0. The van der Waals surface area contributed by atoms with Crippen molar-refractivity contribution in [1.29, 1.82) is 0 Å². The average molecular weight is 1520 g/mol. The molecule has 0 amide bonds. The number of nitrogens with zero attached hydrogens (tertiary/aromatic N) is 6. The standard InChI is InChI=1S/C108H82N10/c1-67-7-25-77(26-8-67)101-85-41-45-89(109-85)103(79-29-11-69(3)12-30-79)93-49-53-97(113-93)107(98-54-50-94(114-98)104(90-46-42-86(101)110-90)80-31-13-70(4)14-32-80)83-37-21-75(22-38-83)65-117-61-57-73(58-62-117)19-20-74-59-63-118(64-60-74)66-76-23-39-84(40-24-76)108-99-55-51-95(115-99)105(81-33-15-71(5)16-34-81)91-47-43-87(111-91)102(78-27-9-68(2)10-28-78)88-44-48-92(112-88)106(96-52-56-100(108)116-96)82-35-17-72(6)18-36-82/h7-64,109,113H,65-66H2,1-6H3/p+2. The van der Waals surface area contributed by atoms with Crippen LogP contribution in [0.25, 0.3) is 113 Å².